The van der Waals surface area contributed by atoms with Crippen molar-refractivity contribution in [1.29, 1.82) is 0 Å². The van der Waals surface area contributed by atoms with E-state index >= 15 is 0 Å². The molecule has 0 amide bonds. The molecule has 2 unspecified atom stereocenters. The van der Waals surface area contributed by atoms with Crippen molar-refractivity contribution in [3.05, 3.63) is 12.2 Å². The fraction of sp³-hybridized carbons (Fsp3) is 0.917. The van der Waals surface area contributed by atoms with Gasteiger partial charge in [-0.3, -0.25) is 4.52 Å². The molecule has 4 N–H and O–H groups in total. The fourth-order valence-electron chi connectivity index (χ4n) is 3.56. The Morgan fingerprint density at radius 3 is 1.81 bits per heavy atom. The third-order valence-corrected chi connectivity index (χ3v) is 6.23. The molecule has 0 aliphatic heterocycles. The second-order valence-electron chi connectivity index (χ2n) is 8.70. The van der Waals surface area contributed by atoms with E-state index in [0.29, 0.717) is 12.8 Å². The smallest absolute Gasteiger partial charge is 0.394 e. The van der Waals surface area contributed by atoms with E-state index in [1.807, 2.05) is 0 Å². The van der Waals surface area contributed by atoms with Gasteiger partial charge in [0.2, 0.25) is 0 Å². The summed E-state index contributed by atoms with van der Waals surface area (Å²) in [5.74, 6) is -1.37. The first-order chi connectivity index (χ1) is 15.3. The number of rotatable bonds is 23. The molecule has 0 aliphatic carbocycles. The third-order valence-electron chi connectivity index (χ3n) is 5.66. The molecule has 2 atom stereocenters. The minimum atomic E-state index is -4.71. The van der Waals surface area contributed by atoms with Gasteiger partial charge in [0.05, 0.1) is 13.2 Å². The van der Waals surface area contributed by atoms with Gasteiger partial charge >= 0.3 is 7.82 Å². The molecular weight excluding hydrogens is 431 g/mol. The minimum absolute atomic E-state index is 0.279. The molecule has 0 aliphatic rings. The number of hydrogen-bond donors (Lipinski definition) is 4. The van der Waals surface area contributed by atoms with Crippen molar-refractivity contribution in [2.75, 3.05) is 13.2 Å². The number of unbranched alkanes of at least 4 members (excludes halogenated alkanes) is 12. The highest BCUT2D eigenvalue weighted by Crippen LogP contribution is 2.37. The van der Waals surface area contributed by atoms with E-state index in [4.69, 9.17) is 19.6 Å². The number of hydrogen-bond acceptors (Lipinski definition) is 5. The molecule has 0 bridgehead atoms. The Morgan fingerprint density at radius 1 is 0.844 bits per heavy atom. The van der Waals surface area contributed by atoms with Crippen LogP contribution >= 0.6 is 7.82 Å². The second kappa shape index (κ2) is 20.1. The summed E-state index contributed by atoms with van der Waals surface area (Å²) in [5.41, 5.74) is 0. The summed E-state index contributed by atoms with van der Waals surface area (Å²) < 4.78 is 20.7. The van der Waals surface area contributed by atoms with Gasteiger partial charge in [-0.05, 0) is 38.5 Å². The van der Waals surface area contributed by atoms with Crippen LogP contribution in [0.25, 0.3) is 0 Å². The molecular formula is C24H49O7P. The molecule has 32 heavy (non-hydrogen) atoms. The third kappa shape index (κ3) is 20.3. The first kappa shape index (κ1) is 31.7. The fourth-order valence-corrected chi connectivity index (χ4v) is 4.07. The Kier molecular flexibility index (Phi) is 20.0. The van der Waals surface area contributed by atoms with E-state index in [1.54, 1.807) is 6.92 Å². The van der Waals surface area contributed by atoms with E-state index in [-0.39, 0.29) is 6.61 Å². The zero-order valence-electron chi connectivity index (χ0n) is 20.4. The highest BCUT2D eigenvalue weighted by molar-refractivity contribution is 7.46. The Bertz CT molecular complexity index is 495. The summed E-state index contributed by atoms with van der Waals surface area (Å²) in [6, 6.07) is 0. The van der Waals surface area contributed by atoms with E-state index in [1.165, 1.54) is 64.2 Å². The van der Waals surface area contributed by atoms with Crippen molar-refractivity contribution in [3.63, 3.8) is 0 Å². The Labute approximate surface area is 195 Å². The molecule has 192 valence electrons. The van der Waals surface area contributed by atoms with Gasteiger partial charge in [0.25, 0.3) is 0 Å². The van der Waals surface area contributed by atoms with Crippen LogP contribution < -0.4 is 0 Å². The van der Waals surface area contributed by atoms with Crippen LogP contribution in [0.15, 0.2) is 12.2 Å². The predicted octanol–water partition coefficient (Wildman–Crippen LogP) is 6.00. The van der Waals surface area contributed by atoms with Crippen LogP contribution in [0.4, 0.5) is 0 Å². The van der Waals surface area contributed by atoms with Crippen molar-refractivity contribution < 1.29 is 33.8 Å². The van der Waals surface area contributed by atoms with E-state index in [2.05, 4.69) is 23.6 Å². The monoisotopic (exact) mass is 480 g/mol. The number of ether oxygens (including phenoxy) is 1. The normalized spacial score (nSPS) is 15.3. The van der Waals surface area contributed by atoms with Crippen molar-refractivity contribution in [3.8, 4) is 0 Å². The average Bonchev–Trinajstić information content (AvgIpc) is 2.75. The Balaban J connectivity index is 3.71. The van der Waals surface area contributed by atoms with E-state index in [0.717, 1.165) is 25.7 Å². The Morgan fingerprint density at radius 2 is 1.34 bits per heavy atom. The molecule has 0 saturated carbocycles. The van der Waals surface area contributed by atoms with Crippen molar-refractivity contribution in [2.45, 2.75) is 128 Å². The molecule has 7 nitrogen and oxygen atoms in total. The molecule has 0 rings (SSSR count). The molecule has 0 fully saturated rings. The lowest BCUT2D eigenvalue weighted by molar-refractivity contribution is -0.222. The largest absolute Gasteiger partial charge is 0.470 e. The molecule has 8 heteroatoms. The molecule has 0 aromatic heterocycles. The summed E-state index contributed by atoms with van der Waals surface area (Å²) in [6.45, 7) is 3.16. The second-order valence-corrected chi connectivity index (χ2v) is 9.89. The number of aliphatic hydroxyl groups is 2. The van der Waals surface area contributed by atoms with Crippen molar-refractivity contribution >= 4 is 7.82 Å². The summed E-state index contributed by atoms with van der Waals surface area (Å²) in [4.78, 5) is 17.6. The van der Waals surface area contributed by atoms with Gasteiger partial charge in [-0.25, -0.2) is 4.57 Å². The summed E-state index contributed by atoms with van der Waals surface area (Å²) in [5, 5.41) is 19.7. The number of allylic oxidation sites excluding steroid dienone is 2. The van der Waals surface area contributed by atoms with Crippen LogP contribution in [0, 0.1) is 0 Å². The van der Waals surface area contributed by atoms with Gasteiger partial charge < -0.3 is 24.7 Å². The van der Waals surface area contributed by atoms with Crippen LogP contribution in [0.2, 0.25) is 0 Å². The summed E-state index contributed by atoms with van der Waals surface area (Å²) in [6.07, 6.45) is 21.3. The molecule has 0 aromatic rings. The molecule has 0 aromatic carbocycles. The number of phosphoric acid groups is 1. The predicted molar refractivity (Wildman–Crippen MR) is 129 cm³/mol. The first-order valence-electron chi connectivity index (χ1n) is 12.6. The molecule has 0 saturated heterocycles. The first-order valence-corrected chi connectivity index (χ1v) is 14.2. The highest BCUT2D eigenvalue weighted by Gasteiger charge is 2.29. The minimum Gasteiger partial charge on any atom is -0.394 e. The van der Waals surface area contributed by atoms with E-state index < -0.39 is 26.3 Å². The maximum atomic E-state index is 10.9. The van der Waals surface area contributed by atoms with Gasteiger partial charge in [0, 0.05) is 6.42 Å². The highest BCUT2D eigenvalue weighted by atomic mass is 31.2. The van der Waals surface area contributed by atoms with Crippen LogP contribution in [0.3, 0.4) is 0 Å². The molecule has 0 radical (unpaired) electrons. The van der Waals surface area contributed by atoms with Gasteiger partial charge in [-0.15, -0.1) is 0 Å². The maximum absolute atomic E-state index is 10.9. The summed E-state index contributed by atoms with van der Waals surface area (Å²) >= 11 is 0. The lowest BCUT2D eigenvalue weighted by atomic mass is 10.0. The zero-order valence-corrected chi connectivity index (χ0v) is 21.3. The SMILES string of the molecule is CCCCCCCC/C=C\CCCCCCCCC(O)(CC)OCC(CO)OP(=O)(O)O. The average molecular weight is 481 g/mol. The zero-order chi connectivity index (χ0) is 24.1. The van der Waals surface area contributed by atoms with Crippen LogP contribution in [0.1, 0.15) is 117 Å². The topological polar surface area (TPSA) is 116 Å². The lowest BCUT2D eigenvalue weighted by Crippen LogP contribution is -2.36. The summed E-state index contributed by atoms with van der Waals surface area (Å²) in [7, 11) is -4.71. The van der Waals surface area contributed by atoms with Gasteiger partial charge in [0.1, 0.15) is 6.10 Å². The Hall–Kier alpha value is -0.270. The van der Waals surface area contributed by atoms with Crippen LogP contribution in [-0.2, 0) is 13.8 Å². The van der Waals surface area contributed by atoms with E-state index in [9.17, 15) is 9.67 Å². The van der Waals surface area contributed by atoms with Gasteiger partial charge in [-0.1, -0.05) is 83.8 Å². The van der Waals surface area contributed by atoms with Gasteiger partial charge in [-0.2, -0.15) is 0 Å². The maximum Gasteiger partial charge on any atom is 0.470 e. The quantitative estimate of drug-likeness (QED) is 0.0613. The van der Waals surface area contributed by atoms with Gasteiger partial charge in [0.15, 0.2) is 5.79 Å². The number of aliphatic hydroxyl groups excluding tert-OH is 1. The molecule has 0 heterocycles. The molecule has 0 spiro atoms. The van der Waals surface area contributed by atoms with Crippen LogP contribution in [0.5, 0.6) is 0 Å². The number of phosphoric ester groups is 1. The van der Waals surface area contributed by atoms with Crippen molar-refractivity contribution in [2.24, 2.45) is 0 Å². The van der Waals surface area contributed by atoms with Crippen molar-refractivity contribution in [1.82, 2.24) is 0 Å². The van der Waals surface area contributed by atoms with Crippen LogP contribution in [-0.4, -0.2) is 45.1 Å². The standard InChI is InChI=1S/C24H49O7P/c1-3-5-6-7-8-9-10-11-12-13-14-15-16-17-18-19-20-24(26,4-2)30-22-23(21-25)31-32(27,28)29/h11-12,23,25-26H,3-10,13-22H2,1-2H3,(H2,27,28,29)/b12-11-. The lowest BCUT2D eigenvalue weighted by Gasteiger charge is -2.29.